The number of carbonyl (C=O) groups is 2. The summed E-state index contributed by atoms with van der Waals surface area (Å²) in [6, 6.07) is -0.329. The smallest absolute Gasteiger partial charge is 0.325 e. The van der Waals surface area contributed by atoms with Gasteiger partial charge in [0.2, 0.25) is 5.95 Å². The van der Waals surface area contributed by atoms with E-state index in [1.54, 1.807) is 4.90 Å². The predicted octanol–water partition coefficient (Wildman–Crippen LogP) is 0.745. The molecule has 2 saturated heterocycles. The normalized spacial score (nSPS) is 20.2. The Bertz CT molecular complexity index is 672. The Hall–Kier alpha value is -2.45. The highest BCUT2D eigenvalue weighted by Gasteiger charge is 2.54. The van der Waals surface area contributed by atoms with Gasteiger partial charge in [0.05, 0.1) is 6.20 Å². The zero-order valence-electron chi connectivity index (χ0n) is 13.8. The molecule has 8 nitrogen and oxygen atoms in total. The number of nitrogens with one attached hydrogen (secondary N) is 1. The van der Waals surface area contributed by atoms with Crippen LogP contribution in [-0.4, -0.2) is 52.0 Å². The predicted molar refractivity (Wildman–Crippen MR) is 85.7 cm³/mol. The third-order valence-electron chi connectivity index (χ3n) is 4.58. The molecule has 0 atom stereocenters. The molecule has 0 unspecified atom stereocenters. The molecule has 0 bridgehead atoms. The molecule has 24 heavy (non-hydrogen) atoms. The molecule has 130 valence electrons. The number of amides is 3. The van der Waals surface area contributed by atoms with E-state index < -0.39 is 11.4 Å². The minimum Gasteiger partial charge on any atom is -0.381 e. The van der Waals surface area contributed by atoms with E-state index >= 15 is 0 Å². The molecule has 0 saturated carbocycles. The standard InChI is InChI=1S/C15H21FN6O2/c1-9(2)8-22-14(24)20-12(23)15(22)3-5-21(6-4-15)13-18-7-10(16)11(17)19-13/h7,9H,3-6,8H2,1-2H3,(H2,17,18,19)(H,20,23,24). The fourth-order valence-corrected chi connectivity index (χ4v) is 3.32. The maximum absolute atomic E-state index is 13.2. The first-order valence-electron chi connectivity index (χ1n) is 7.99. The van der Waals surface area contributed by atoms with Gasteiger partial charge < -0.3 is 15.5 Å². The molecule has 0 aliphatic carbocycles. The minimum atomic E-state index is -0.816. The van der Waals surface area contributed by atoms with Crippen molar-refractivity contribution in [3.63, 3.8) is 0 Å². The number of carbonyl (C=O) groups excluding carboxylic acids is 2. The van der Waals surface area contributed by atoms with Crippen molar-refractivity contribution in [1.82, 2.24) is 20.2 Å². The van der Waals surface area contributed by atoms with Gasteiger partial charge in [-0.25, -0.2) is 14.2 Å². The van der Waals surface area contributed by atoms with Gasteiger partial charge >= 0.3 is 6.03 Å². The van der Waals surface area contributed by atoms with Gasteiger partial charge in [-0.15, -0.1) is 0 Å². The van der Waals surface area contributed by atoms with E-state index in [4.69, 9.17) is 5.73 Å². The summed E-state index contributed by atoms with van der Waals surface area (Å²) >= 11 is 0. The number of nitrogens with two attached hydrogens (primary N) is 1. The molecule has 3 heterocycles. The van der Waals surface area contributed by atoms with E-state index in [-0.39, 0.29) is 23.7 Å². The van der Waals surface area contributed by atoms with Gasteiger partial charge in [-0.2, -0.15) is 4.98 Å². The van der Waals surface area contributed by atoms with Gasteiger partial charge in [-0.3, -0.25) is 10.1 Å². The molecule has 1 aromatic rings. The highest BCUT2D eigenvalue weighted by Crippen LogP contribution is 2.34. The van der Waals surface area contributed by atoms with Crippen LogP contribution in [0.3, 0.4) is 0 Å². The fraction of sp³-hybridized carbons (Fsp3) is 0.600. The van der Waals surface area contributed by atoms with Crippen LogP contribution < -0.4 is 16.0 Å². The van der Waals surface area contributed by atoms with Crippen molar-refractivity contribution in [3.05, 3.63) is 12.0 Å². The van der Waals surface area contributed by atoms with Crippen LogP contribution in [-0.2, 0) is 4.79 Å². The number of hydrogen-bond donors (Lipinski definition) is 2. The lowest BCUT2D eigenvalue weighted by Crippen LogP contribution is -2.57. The lowest BCUT2D eigenvalue weighted by Gasteiger charge is -2.42. The molecule has 2 aliphatic rings. The minimum absolute atomic E-state index is 0.199. The summed E-state index contributed by atoms with van der Waals surface area (Å²) in [5.74, 6) is -0.500. The van der Waals surface area contributed by atoms with Gasteiger partial charge in [-0.05, 0) is 18.8 Å². The molecule has 2 fully saturated rings. The number of aromatic nitrogens is 2. The van der Waals surface area contributed by atoms with E-state index in [1.807, 2.05) is 18.7 Å². The third-order valence-corrected chi connectivity index (χ3v) is 4.58. The maximum atomic E-state index is 13.2. The number of piperidine rings is 1. The summed E-state index contributed by atoms with van der Waals surface area (Å²) in [5.41, 5.74) is 4.67. The van der Waals surface area contributed by atoms with Crippen molar-refractivity contribution in [2.45, 2.75) is 32.2 Å². The van der Waals surface area contributed by atoms with Crippen LogP contribution in [0.4, 0.5) is 21.0 Å². The Morgan fingerprint density at radius 2 is 2.04 bits per heavy atom. The molecular formula is C15H21FN6O2. The highest BCUT2D eigenvalue weighted by molar-refractivity contribution is 6.07. The van der Waals surface area contributed by atoms with Gasteiger partial charge in [0.15, 0.2) is 11.6 Å². The Morgan fingerprint density at radius 3 is 2.62 bits per heavy atom. The van der Waals surface area contributed by atoms with E-state index in [1.165, 1.54) is 0 Å². The molecule has 0 radical (unpaired) electrons. The number of halogens is 1. The topological polar surface area (TPSA) is 104 Å². The number of hydrogen-bond acceptors (Lipinski definition) is 6. The largest absolute Gasteiger partial charge is 0.381 e. The van der Waals surface area contributed by atoms with Crippen LogP contribution in [0, 0.1) is 11.7 Å². The number of urea groups is 1. The SMILES string of the molecule is CC(C)CN1C(=O)NC(=O)C12CCN(c1ncc(F)c(N)n1)CC2. The quantitative estimate of drug-likeness (QED) is 0.789. The van der Waals surface area contributed by atoms with E-state index in [2.05, 4.69) is 15.3 Å². The van der Waals surface area contributed by atoms with Gasteiger partial charge in [0, 0.05) is 19.6 Å². The Balaban J connectivity index is 1.78. The van der Waals surface area contributed by atoms with Crippen molar-refractivity contribution in [2.75, 3.05) is 30.3 Å². The first kappa shape index (κ1) is 16.4. The lowest BCUT2D eigenvalue weighted by molar-refractivity contribution is -0.127. The van der Waals surface area contributed by atoms with Crippen LogP contribution in [0.25, 0.3) is 0 Å². The number of nitrogens with zero attached hydrogens (tertiary/aromatic N) is 4. The van der Waals surface area contributed by atoms with Crippen molar-refractivity contribution >= 4 is 23.7 Å². The molecule has 2 aliphatic heterocycles. The Kier molecular flexibility index (Phi) is 4.02. The second kappa shape index (κ2) is 5.88. The number of imide groups is 1. The summed E-state index contributed by atoms with van der Waals surface area (Å²) in [5, 5.41) is 2.43. The van der Waals surface area contributed by atoms with E-state index in [0.717, 1.165) is 6.20 Å². The average Bonchev–Trinajstić information content (AvgIpc) is 2.75. The molecular weight excluding hydrogens is 315 g/mol. The zero-order valence-corrected chi connectivity index (χ0v) is 13.8. The molecule has 1 spiro atoms. The van der Waals surface area contributed by atoms with Crippen LogP contribution in [0.5, 0.6) is 0 Å². The molecule has 1 aromatic heterocycles. The summed E-state index contributed by atoms with van der Waals surface area (Å²) in [6.45, 7) is 5.51. The number of anilines is 2. The Morgan fingerprint density at radius 1 is 1.38 bits per heavy atom. The fourth-order valence-electron chi connectivity index (χ4n) is 3.32. The Labute approximate surface area is 139 Å². The van der Waals surface area contributed by atoms with Crippen LogP contribution >= 0.6 is 0 Å². The maximum Gasteiger partial charge on any atom is 0.325 e. The second-order valence-corrected chi connectivity index (χ2v) is 6.69. The van der Waals surface area contributed by atoms with Crippen molar-refractivity contribution in [1.29, 1.82) is 0 Å². The molecule has 3 N–H and O–H groups in total. The monoisotopic (exact) mass is 336 g/mol. The second-order valence-electron chi connectivity index (χ2n) is 6.69. The summed E-state index contributed by atoms with van der Waals surface area (Å²) in [4.78, 5) is 35.9. The highest BCUT2D eigenvalue weighted by atomic mass is 19.1. The average molecular weight is 336 g/mol. The van der Waals surface area contributed by atoms with Crippen LogP contribution in [0.2, 0.25) is 0 Å². The summed E-state index contributed by atoms with van der Waals surface area (Å²) in [6.07, 6.45) is 1.98. The van der Waals surface area contributed by atoms with Gasteiger partial charge in [-0.1, -0.05) is 13.8 Å². The summed E-state index contributed by atoms with van der Waals surface area (Å²) in [7, 11) is 0. The van der Waals surface area contributed by atoms with Crippen molar-refractivity contribution < 1.29 is 14.0 Å². The van der Waals surface area contributed by atoms with Gasteiger partial charge in [0.1, 0.15) is 5.54 Å². The molecule has 9 heteroatoms. The van der Waals surface area contributed by atoms with Gasteiger partial charge in [0.25, 0.3) is 5.91 Å². The van der Waals surface area contributed by atoms with Crippen LogP contribution in [0.15, 0.2) is 6.20 Å². The van der Waals surface area contributed by atoms with Crippen molar-refractivity contribution in [3.8, 4) is 0 Å². The summed E-state index contributed by atoms with van der Waals surface area (Å²) < 4.78 is 13.2. The van der Waals surface area contributed by atoms with E-state index in [9.17, 15) is 14.0 Å². The third kappa shape index (κ3) is 2.63. The lowest BCUT2D eigenvalue weighted by atomic mass is 9.85. The number of rotatable bonds is 3. The molecule has 0 aromatic carbocycles. The first-order valence-corrected chi connectivity index (χ1v) is 7.99. The van der Waals surface area contributed by atoms with Crippen molar-refractivity contribution in [2.24, 2.45) is 5.92 Å². The van der Waals surface area contributed by atoms with E-state index in [0.29, 0.717) is 38.4 Å². The first-order chi connectivity index (χ1) is 11.3. The number of nitrogen functional groups attached to an aromatic ring is 1. The molecule has 3 rings (SSSR count). The van der Waals surface area contributed by atoms with Crippen LogP contribution in [0.1, 0.15) is 26.7 Å². The molecule has 3 amide bonds. The zero-order chi connectivity index (χ0) is 17.5.